The van der Waals surface area contributed by atoms with E-state index in [1.54, 1.807) is 0 Å². The highest BCUT2D eigenvalue weighted by atomic mass is 32.2. The average Bonchev–Trinajstić information content (AvgIpc) is 2.72. The molecule has 1 N–H and O–H groups in total. The van der Waals surface area contributed by atoms with Gasteiger partial charge in [-0.15, -0.1) is 0 Å². The fourth-order valence-electron chi connectivity index (χ4n) is 2.78. The predicted molar refractivity (Wildman–Crippen MR) is 78.7 cm³/mol. The molecule has 0 aliphatic carbocycles. The first-order valence-electron chi connectivity index (χ1n) is 7.38. The summed E-state index contributed by atoms with van der Waals surface area (Å²) in [5.41, 5.74) is 0.369. The van der Waals surface area contributed by atoms with Gasteiger partial charge < -0.3 is 5.11 Å². The predicted octanol–water partition coefficient (Wildman–Crippen LogP) is 2.52. The highest BCUT2D eigenvalue weighted by Gasteiger charge is 2.29. The molecule has 118 valence electrons. The van der Waals surface area contributed by atoms with Crippen LogP contribution in [0.2, 0.25) is 0 Å². The summed E-state index contributed by atoms with van der Waals surface area (Å²) in [5.74, 6) is -0.246. The molecule has 1 heterocycles. The van der Waals surface area contributed by atoms with Crippen LogP contribution in [-0.4, -0.2) is 30.9 Å². The van der Waals surface area contributed by atoms with Gasteiger partial charge in [0, 0.05) is 13.1 Å². The second-order valence-electron chi connectivity index (χ2n) is 5.53. The Morgan fingerprint density at radius 2 is 2.10 bits per heavy atom. The SMILES string of the molecule is CCC1CCCN(S(=O)(=O)c2ccc(CO)cc2F)CC1. The van der Waals surface area contributed by atoms with Crippen LogP contribution >= 0.6 is 0 Å². The summed E-state index contributed by atoms with van der Waals surface area (Å²) in [6.07, 6.45) is 3.71. The summed E-state index contributed by atoms with van der Waals surface area (Å²) in [6, 6.07) is 3.78. The number of nitrogens with zero attached hydrogens (tertiary/aromatic N) is 1. The smallest absolute Gasteiger partial charge is 0.245 e. The van der Waals surface area contributed by atoms with Gasteiger partial charge in [-0.3, -0.25) is 0 Å². The standard InChI is InChI=1S/C15H22FNO3S/c1-2-12-4-3-8-17(9-7-12)21(19,20)15-6-5-13(11-18)10-14(15)16/h5-6,10,12,18H,2-4,7-9,11H2,1H3. The van der Waals surface area contributed by atoms with Gasteiger partial charge in [-0.1, -0.05) is 19.4 Å². The summed E-state index contributed by atoms with van der Waals surface area (Å²) in [5, 5.41) is 8.97. The first kappa shape index (κ1) is 16.4. The first-order valence-corrected chi connectivity index (χ1v) is 8.82. The Labute approximate surface area is 125 Å². The molecular weight excluding hydrogens is 293 g/mol. The van der Waals surface area contributed by atoms with E-state index in [9.17, 15) is 12.8 Å². The van der Waals surface area contributed by atoms with Gasteiger partial charge in [-0.05, 0) is 42.9 Å². The Morgan fingerprint density at radius 1 is 1.33 bits per heavy atom. The molecule has 1 unspecified atom stereocenters. The van der Waals surface area contributed by atoms with Gasteiger partial charge in [-0.2, -0.15) is 4.31 Å². The topological polar surface area (TPSA) is 57.6 Å². The van der Waals surface area contributed by atoms with Crippen molar-refractivity contribution in [2.45, 2.75) is 44.1 Å². The van der Waals surface area contributed by atoms with Crippen LogP contribution in [0.25, 0.3) is 0 Å². The van der Waals surface area contributed by atoms with Crippen LogP contribution < -0.4 is 0 Å². The molecule has 1 atom stereocenters. The zero-order valence-corrected chi connectivity index (χ0v) is 13.1. The lowest BCUT2D eigenvalue weighted by atomic mass is 9.98. The third kappa shape index (κ3) is 3.62. The molecule has 0 radical (unpaired) electrons. The van der Waals surface area contributed by atoms with Gasteiger partial charge in [0.2, 0.25) is 10.0 Å². The lowest BCUT2D eigenvalue weighted by Crippen LogP contribution is -2.32. The largest absolute Gasteiger partial charge is 0.392 e. The van der Waals surface area contributed by atoms with Gasteiger partial charge in [-0.25, -0.2) is 12.8 Å². The number of aliphatic hydroxyl groups excluding tert-OH is 1. The Hall–Kier alpha value is -0.980. The summed E-state index contributed by atoms with van der Waals surface area (Å²) < 4.78 is 40.6. The van der Waals surface area contributed by atoms with Crippen LogP contribution in [0, 0.1) is 11.7 Å². The van der Waals surface area contributed by atoms with E-state index in [4.69, 9.17) is 5.11 Å². The normalized spacial score (nSPS) is 21.2. The van der Waals surface area contributed by atoms with Crippen molar-refractivity contribution in [1.82, 2.24) is 4.31 Å². The van der Waals surface area contributed by atoms with E-state index in [1.807, 2.05) is 0 Å². The second kappa shape index (κ2) is 6.85. The Bertz CT molecular complexity index is 589. The number of benzene rings is 1. The van der Waals surface area contributed by atoms with E-state index in [2.05, 4.69) is 6.92 Å². The number of halogens is 1. The maximum atomic E-state index is 14.0. The fraction of sp³-hybridized carbons (Fsp3) is 0.600. The number of hydrogen-bond acceptors (Lipinski definition) is 3. The monoisotopic (exact) mass is 315 g/mol. The van der Waals surface area contributed by atoms with Gasteiger partial charge >= 0.3 is 0 Å². The van der Waals surface area contributed by atoms with Crippen molar-refractivity contribution < 1.29 is 17.9 Å². The molecule has 1 aliphatic rings. The lowest BCUT2D eigenvalue weighted by Gasteiger charge is -2.20. The summed E-state index contributed by atoms with van der Waals surface area (Å²) in [7, 11) is -3.80. The molecule has 1 aromatic carbocycles. The number of aliphatic hydroxyl groups is 1. The zero-order chi connectivity index (χ0) is 15.5. The molecule has 4 nitrogen and oxygen atoms in total. The molecule has 1 fully saturated rings. The van der Waals surface area contributed by atoms with Crippen LogP contribution in [-0.2, 0) is 16.6 Å². The molecule has 21 heavy (non-hydrogen) atoms. The number of sulfonamides is 1. The van der Waals surface area contributed by atoms with E-state index in [0.717, 1.165) is 31.7 Å². The minimum absolute atomic E-state index is 0.297. The molecule has 6 heteroatoms. The molecule has 1 saturated heterocycles. The molecule has 2 rings (SSSR count). The van der Waals surface area contributed by atoms with Crippen molar-refractivity contribution in [2.24, 2.45) is 5.92 Å². The van der Waals surface area contributed by atoms with Crippen LogP contribution in [0.5, 0.6) is 0 Å². The Kier molecular flexibility index (Phi) is 5.35. The maximum Gasteiger partial charge on any atom is 0.245 e. The molecule has 1 aromatic rings. The number of hydrogen-bond donors (Lipinski definition) is 1. The summed E-state index contributed by atoms with van der Waals surface area (Å²) in [6.45, 7) is 2.70. The van der Waals surface area contributed by atoms with E-state index in [-0.39, 0.29) is 11.5 Å². The van der Waals surface area contributed by atoms with Crippen molar-refractivity contribution in [3.8, 4) is 0 Å². The van der Waals surface area contributed by atoms with Gasteiger partial charge in [0.25, 0.3) is 0 Å². The van der Waals surface area contributed by atoms with Crippen LogP contribution in [0.1, 0.15) is 38.2 Å². The average molecular weight is 315 g/mol. The van der Waals surface area contributed by atoms with Gasteiger partial charge in [0.05, 0.1) is 6.61 Å². The van der Waals surface area contributed by atoms with E-state index < -0.39 is 15.8 Å². The van der Waals surface area contributed by atoms with Crippen molar-refractivity contribution in [2.75, 3.05) is 13.1 Å². The molecule has 0 bridgehead atoms. The van der Waals surface area contributed by atoms with Crippen LogP contribution in [0.3, 0.4) is 0 Å². The minimum atomic E-state index is -3.80. The van der Waals surface area contributed by atoms with Crippen LogP contribution in [0.15, 0.2) is 23.1 Å². The first-order chi connectivity index (χ1) is 9.98. The molecule has 0 spiro atoms. The third-order valence-corrected chi connectivity index (χ3v) is 6.11. The maximum absolute atomic E-state index is 14.0. The molecule has 0 aromatic heterocycles. The van der Waals surface area contributed by atoms with Crippen molar-refractivity contribution in [3.05, 3.63) is 29.6 Å². The molecule has 0 saturated carbocycles. The molecule has 0 amide bonds. The highest BCUT2D eigenvalue weighted by Crippen LogP contribution is 2.26. The van der Waals surface area contributed by atoms with Gasteiger partial charge in [0.15, 0.2) is 0 Å². The Balaban J connectivity index is 2.25. The van der Waals surface area contributed by atoms with Crippen molar-refractivity contribution >= 4 is 10.0 Å². The molecule has 1 aliphatic heterocycles. The van der Waals surface area contributed by atoms with E-state index in [1.165, 1.54) is 16.4 Å². The van der Waals surface area contributed by atoms with Gasteiger partial charge in [0.1, 0.15) is 10.7 Å². The zero-order valence-electron chi connectivity index (χ0n) is 12.3. The third-order valence-electron chi connectivity index (χ3n) is 4.18. The van der Waals surface area contributed by atoms with Crippen LogP contribution in [0.4, 0.5) is 4.39 Å². The van der Waals surface area contributed by atoms with E-state index in [0.29, 0.717) is 24.6 Å². The van der Waals surface area contributed by atoms with E-state index >= 15 is 0 Å². The summed E-state index contributed by atoms with van der Waals surface area (Å²) in [4.78, 5) is -0.297. The Morgan fingerprint density at radius 3 is 2.71 bits per heavy atom. The lowest BCUT2D eigenvalue weighted by molar-refractivity contribution is 0.281. The van der Waals surface area contributed by atoms with Crippen molar-refractivity contribution in [3.63, 3.8) is 0 Å². The minimum Gasteiger partial charge on any atom is -0.392 e. The van der Waals surface area contributed by atoms with Crippen molar-refractivity contribution in [1.29, 1.82) is 0 Å². The quantitative estimate of drug-likeness (QED) is 0.929. The highest BCUT2D eigenvalue weighted by molar-refractivity contribution is 7.89. The fourth-order valence-corrected chi connectivity index (χ4v) is 4.32. The summed E-state index contributed by atoms with van der Waals surface area (Å²) >= 11 is 0. The number of rotatable bonds is 4. The molecular formula is C15H22FNO3S. The second-order valence-corrected chi connectivity index (χ2v) is 7.44.